The molecule has 0 amide bonds. The van der Waals surface area contributed by atoms with Gasteiger partial charge in [0.2, 0.25) is 0 Å². The topological polar surface area (TPSA) is 69.9 Å². The molecule has 3 rings (SSSR count). The standard InChI is InChI=1S/C14H14N4O2S/c1-3-10-5-11-12(15-8-16-13(11)21-10)18-7-9(6-17-18)14(19)20-4-2/h5-8H,3-4H2,1-2H3. The Kier molecular flexibility index (Phi) is 3.66. The molecule has 0 aliphatic rings. The summed E-state index contributed by atoms with van der Waals surface area (Å²) >= 11 is 1.64. The van der Waals surface area contributed by atoms with E-state index in [4.69, 9.17) is 4.74 Å². The van der Waals surface area contributed by atoms with Gasteiger partial charge in [-0.1, -0.05) is 6.92 Å². The van der Waals surface area contributed by atoms with Crippen LogP contribution in [0.15, 0.2) is 24.8 Å². The number of aromatic nitrogens is 4. The third-order valence-electron chi connectivity index (χ3n) is 3.02. The molecule has 3 aromatic heterocycles. The molecular formula is C14H14N4O2S. The van der Waals surface area contributed by atoms with Crippen LogP contribution in [-0.2, 0) is 11.2 Å². The van der Waals surface area contributed by atoms with Crippen molar-refractivity contribution in [1.29, 1.82) is 0 Å². The van der Waals surface area contributed by atoms with Crippen LogP contribution in [0.3, 0.4) is 0 Å². The van der Waals surface area contributed by atoms with Crippen LogP contribution in [0, 0.1) is 0 Å². The quantitative estimate of drug-likeness (QED) is 0.693. The van der Waals surface area contributed by atoms with Gasteiger partial charge in [0, 0.05) is 11.1 Å². The van der Waals surface area contributed by atoms with Gasteiger partial charge in [-0.15, -0.1) is 11.3 Å². The average Bonchev–Trinajstić information content (AvgIpc) is 3.13. The smallest absolute Gasteiger partial charge is 0.341 e. The highest BCUT2D eigenvalue weighted by Gasteiger charge is 2.14. The lowest BCUT2D eigenvalue weighted by molar-refractivity contribution is 0.0526. The minimum Gasteiger partial charge on any atom is -0.462 e. The van der Waals surface area contributed by atoms with Gasteiger partial charge in [-0.25, -0.2) is 19.4 Å². The number of rotatable bonds is 4. The second kappa shape index (κ2) is 5.61. The molecule has 0 aliphatic carbocycles. The van der Waals surface area contributed by atoms with Crippen molar-refractivity contribution in [1.82, 2.24) is 19.7 Å². The number of carbonyl (C=O) groups excluding carboxylic acids is 1. The molecule has 0 saturated heterocycles. The zero-order chi connectivity index (χ0) is 14.8. The maximum atomic E-state index is 11.7. The Labute approximate surface area is 125 Å². The number of thiophene rings is 1. The zero-order valence-corrected chi connectivity index (χ0v) is 12.6. The minimum absolute atomic E-state index is 0.339. The number of ether oxygens (including phenoxy) is 1. The molecule has 0 bridgehead atoms. The first kappa shape index (κ1) is 13.7. The highest BCUT2D eigenvalue weighted by molar-refractivity contribution is 7.18. The van der Waals surface area contributed by atoms with Crippen LogP contribution in [0.4, 0.5) is 0 Å². The third kappa shape index (κ3) is 2.52. The number of esters is 1. The van der Waals surface area contributed by atoms with Gasteiger partial charge in [-0.05, 0) is 19.4 Å². The van der Waals surface area contributed by atoms with Crippen LogP contribution in [0.1, 0.15) is 29.1 Å². The van der Waals surface area contributed by atoms with Crippen molar-refractivity contribution in [2.45, 2.75) is 20.3 Å². The van der Waals surface area contributed by atoms with Gasteiger partial charge in [0.1, 0.15) is 11.2 Å². The van der Waals surface area contributed by atoms with Gasteiger partial charge in [0.25, 0.3) is 0 Å². The Hall–Kier alpha value is -2.28. The van der Waals surface area contributed by atoms with E-state index in [1.807, 2.05) is 0 Å². The molecule has 6 nitrogen and oxygen atoms in total. The Morgan fingerprint density at radius 1 is 1.38 bits per heavy atom. The van der Waals surface area contributed by atoms with Crippen LogP contribution >= 0.6 is 11.3 Å². The van der Waals surface area contributed by atoms with Crippen LogP contribution in [-0.4, -0.2) is 32.3 Å². The van der Waals surface area contributed by atoms with Crippen molar-refractivity contribution in [3.8, 4) is 5.82 Å². The summed E-state index contributed by atoms with van der Waals surface area (Å²) in [5.41, 5.74) is 0.412. The molecule has 108 valence electrons. The van der Waals surface area contributed by atoms with E-state index in [2.05, 4.69) is 28.1 Å². The van der Waals surface area contributed by atoms with Gasteiger partial charge in [0.05, 0.1) is 23.8 Å². The lowest BCUT2D eigenvalue weighted by Crippen LogP contribution is -2.03. The van der Waals surface area contributed by atoms with E-state index >= 15 is 0 Å². The Balaban J connectivity index is 2.04. The highest BCUT2D eigenvalue weighted by Crippen LogP contribution is 2.27. The fraction of sp³-hybridized carbons (Fsp3) is 0.286. The van der Waals surface area contributed by atoms with E-state index in [0.29, 0.717) is 18.0 Å². The Bertz CT molecular complexity index is 793. The number of nitrogens with zero attached hydrogens (tertiary/aromatic N) is 4. The maximum absolute atomic E-state index is 11.7. The summed E-state index contributed by atoms with van der Waals surface area (Å²) < 4.78 is 6.55. The van der Waals surface area contributed by atoms with Gasteiger partial charge in [0.15, 0.2) is 5.82 Å². The molecule has 7 heteroatoms. The molecule has 0 N–H and O–H groups in total. The summed E-state index contributed by atoms with van der Waals surface area (Å²) in [7, 11) is 0. The molecule has 0 atom stereocenters. The molecule has 0 aromatic carbocycles. The van der Waals surface area contributed by atoms with Crippen molar-refractivity contribution in [3.63, 3.8) is 0 Å². The molecule has 21 heavy (non-hydrogen) atoms. The Morgan fingerprint density at radius 3 is 3.00 bits per heavy atom. The lowest BCUT2D eigenvalue weighted by Gasteiger charge is -2.00. The van der Waals surface area contributed by atoms with E-state index in [0.717, 1.165) is 16.6 Å². The van der Waals surface area contributed by atoms with Crippen LogP contribution in [0.2, 0.25) is 0 Å². The number of hydrogen-bond donors (Lipinski definition) is 0. The van der Waals surface area contributed by atoms with Crippen molar-refractivity contribution in [2.75, 3.05) is 6.61 Å². The van der Waals surface area contributed by atoms with Crippen LogP contribution in [0.5, 0.6) is 0 Å². The summed E-state index contributed by atoms with van der Waals surface area (Å²) in [4.78, 5) is 22.4. The number of aryl methyl sites for hydroxylation is 1. The first-order valence-electron chi connectivity index (χ1n) is 6.68. The van der Waals surface area contributed by atoms with Gasteiger partial charge < -0.3 is 4.74 Å². The van der Waals surface area contributed by atoms with E-state index in [-0.39, 0.29) is 5.97 Å². The lowest BCUT2D eigenvalue weighted by atomic mass is 10.3. The number of hydrogen-bond acceptors (Lipinski definition) is 6. The summed E-state index contributed by atoms with van der Waals surface area (Å²) in [5, 5.41) is 5.15. The fourth-order valence-corrected chi connectivity index (χ4v) is 2.94. The molecule has 0 saturated carbocycles. The summed E-state index contributed by atoms with van der Waals surface area (Å²) in [5.74, 6) is 0.292. The zero-order valence-electron chi connectivity index (χ0n) is 11.7. The highest BCUT2D eigenvalue weighted by atomic mass is 32.1. The molecule has 0 aliphatic heterocycles. The maximum Gasteiger partial charge on any atom is 0.341 e. The van der Waals surface area contributed by atoms with Crippen molar-refractivity contribution in [3.05, 3.63) is 35.2 Å². The molecular weight excluding hydrogens is 288 g/mol. The van der Waals surface area contributed by atoms with E-state index in [9.17, 15) is 4.79 Å². The average molecular weight is 302 g/mol. The number of fused-ring (bicyclic) bond motifs is 1. The molecule has 3 aromatic rings. The molecule has 3 heterocycles. The predicted molar refractivity (Wildman–Crippen MR) is 79.9 cm³/mol. The van der Waals surface area contributed by atoms with E-state index < -0.39 is 0 Å². The summed E-state index contributed by atoms with van der Waals surface area (Å²) in [6.07, 6.45) is 5.58. The SMILES string of the molecule is CCOC(=O)c1cnn(-c2ncnc3sc(CC)cc23)c1. The van der Waals surface area contributed by atoms with Crippen LogP contribution < -0.4 is 0 Å². The van der Waals surface area contributed by atoms with Crippen molar-refractivity contribution in [2.24, 2.45) is 0 Å². The summed E-state index contributed by atoms with van der Waals surface area (Å²) in [6.45, 7) is 4.21. The Morgan fingerprint density at radius 2 is 2.24 bits per heavy atom. The molecule has 0 unspecified atom stereocenters. The van der Waals surface area contributed by atoms with E-state index in [1.54, 1.807) is 29.1 Å². The first-order valence-corrected chi connectivity index (χ1v) is 7.50. The third-order valence-corrected chi connectivity index (χ3v) is 4.21. The predicted octanol–water partition coefficient (Wildman–Crippen LogP) is 2.62. The minimum atomic E-state index is -0.381. The first-order chi connectivity index (χ1) is 10.2. The van der Waals surface area contributed by atoms with Gasteiger partial charge in [-0.3, -0.25) is 0 Å². The van der Waals surface area contributed by atoms with Gasteiger partial charge >= 0.3 is 5.97 Å². The second-order valence-electron chi connectivity index (χ2n) is 4.38. The summed E-state index contributed by atoms with van der Waals surface area (Å²) in [6, 6.07) is 2.07. The van der Waals surface area contributed by atoms with Crippen molar-refractivity contribution < 1.29 is 9.53 Å². The second-order valence-corrected chi connectivity index (χ2v) is 5.49. The van der Waals surface area contributed by atoms with Crippen LogP contribution in [0.25, 0.3) is 16.0 Å². The van der Waals surface area contributed by atoms with E-state index in [1.165, 1.54) is 17.4 Å². The monoisotopic (exact) mass is 302 g/mol. The number of carbonyl (C=O) groups is 1. The largest absolute Gasteiger partial charge is 0.462 e. The van der Waals surface area contributed by atoms with Crippen molar-refractivity contribution >= 4 is 27.5 Å². The fourth-order valence-electron chi connectivity index (χ4n) is 2.01. The van der Waals surface area contributed by atoms with Gasteiger partial charge in [-0.2, -0.15) is 5.10 Å². The normalized spacial score (nSPS) is 11.0. The molecule has 0 fully saturated rings. The molecule has 0 radical (unpaired) electrons. The molecule has 0 spiro atoms.